The van der Waals surface area contributed by atoms with Gasteiger partial charge in [0.2, 0.25) is 0 Å². The summed E-state index contributed by atoms with van der Waals surface area (Å²) in [6.07, 6.45) is 8.92. The van der Waals surface area contributed by atoms with Crippen molar-refractivity contribution < 1.29 is 4.74 Å². The summed E-state index contributed by atoms with van der Waals surface area (Å²) in [6, 6.07) is 17.0. The molecule has 2 aliphatic heterocycles. The Kier molecular flexibility index (Phi) is 4.64. The van der Waals surface area contributed by atoms with E-state index in [-0.39, 0.29) is 16.8 Å². The van der Waals surface area contributed by atoms with Gasteiger partial charge in [0.25, 0.3) is 0 Å². The van der Waals surface area contributed by atoms with Gasteiger partial charge in [0, 0.05) is 39.4 Å². The van der Waals surface area contributed by atoms with Gasteiger partial charge in [0.15, 0.2) is 0 Å². The summed E-state index contributed by atoms with van der Waals surface area (Å²) in [5, 5.41) is 1.38. The second kappa shape index (κ2) is 7.29. The molecule has 0 amide bonds. The number of ether oxygens (including phenoxy) is 1. The Balaban J connectivity index is 0.000000156. The van der Waals surface area contributed by atoms with Crippen molar-refractivity contribution in [1.29, 1.82) is 0 Å². The highest BCUT2D eigenvalue weighted by Crippen LogP contribution is 2.62. The molecule has 1 spiro atoms. The predicted octanol–water partition coefficient (Wildman–Crippen LogP) is 4.95. The lowest BCUT2D eigenvalue weighted by atomic mass is 9.53. The van der Waals surface area contributed by atoms with E-state index in [2.05, 4.69) is 66.0 Å². The van der Waals surface area contributed by atoms with Gasteiger partial charge in [-0.1, -0.05) is 42.5 Å². The average molecular weight is 447 g/mol. The van der Waals surface area contributed by atoms with Gasteiger partial charge < -0.3 is 9.64 Å². The maximum absolute atomic E-state index is 6.43. The number of piperidine rings is 1. The first-order valence-corrected chi connectivity index (χ1v) is 11.9. The summed E-state index contributed by atoms with van der Waals surface area (Å²) in [4.78, 5) is 7.70. The average Bonchev–Trinajstić information content (AvgIpc) is 3.16. The predicted molar refractivity (Wildman–Crippen MR) is 132 cm³/mol. The first-order chi connectivity index (χ1) is 15.1. The Bertz CT molecular complexity index is 1130. The zero-order valence-electron chi connectivity index (χ0n) is 17.5. The topological polar surface area (TPSA) is 25.4 Å². The molecule has 7 rings (SSSR count). The minimum atomic E-state index is 0.125. The monoisotopic (exact) mass is 446 g/mol. The van der Waals surface area contributed by atoms with Crippen molar-refractivity contribution in [2.75, 3.05) is 13.6 Å². The maximum Gasteiger partial charge on any atom is 0.137 e. The van der Waals surface area contributed by atoms with E-state index >= 15 is 0 Å². The van der Waals surface area contributed by atoms with Crippen molar-refractivity contribution in [2.45, 2.75) is 40.5 Å². The van der Waals surface area contributed by atoms with Crippen molar-refractivity contribution in [1.82, 2.24) is 9.88 Å². The van der Waals surface area contributed by atoms with E-state index in [0.717, 1.165) is 35.5 Å². The molecule has 4 aliphatic rings. The van der Waals surface area contributed by atoms with E-state index < -0.39 is 0 Å². The zero-order valence-corrected chi connectivity index (χ0v) is 19.3. The van der Waals surface area contributed by atoms with E-state index in [1.54, 1.807) is 0 Å². The van der Waals surface area contributed by atoms with Crippen LogP contribution in [0.4, 0.5) is 0 Å². The lowest BCUT2D eigenvalue weighted by molar-refractivity contribution is 0.00430. The summed E-state index contributed by atoms with van der Waals surface area (Å²) in [5.74, 6) is 1.59. The molecule has 5 atom stereocenters. The molecule has 0 N–H and O–H groups in total. The fourth-order valence-electron chi connectivity index (χ4n) is 6.25. The van der Waals surface area contributed by atoms with Crippen LogP contribution in [0.25, 0.3) is 10.9 Å². The van der Waals surface area contributed by atoms with Gasteiger partial charge in [-0.25, -0.2) is 0 Å². The number of fused-ring (bicyclic) bond motifs is 1. The first kappa shape index (κ1) is 19.7. The minimum Gasteiger partial charge on any atom is -0.486 e. The Morgan fingerprint density at radius 2 is 1.94 bits per heavy atom. The second-order valence-electron chi connectivity index (χ2n) is 9.13. The number of hydrogen-bond donors (Lipinski definition) is 2. The minimum absolute atomic E-state index is 0.125. The summed E-state index contributed by atoms with van der Waals surface area (Å²) in [6.45, 7) is 1.14. The van der Waals surface area contributed by atoms with Crippen LogP contribution in [-0.2, 0) is 11.8 Å². The van der Waals surface area contributed by atoms with E-state index in [1.807, 2.05) is 30.5 Å². The lowest BCUT2D eigenvalue weighted by Gasteiger charge is -2.56. The third-order valence-corrected chi connectivity index (χ3v) is 8.46. The van der Waals surface area contributed by atoms with Crippen LogP contribution in [0.1, 0.15) is 17.5 Å². The molecule has 2 bridgehead atoms. The fourth-order valence-corrected chi connectivity index (χ4v) is 6.92. The molecule has 3 aromatic rings. The van der Waals surface area contributed by atoms with Crippen LogP contribution < -0.4 is 4.74 Å². The van der Waals surface area contributed by atoms with Gasteiger partial charge in [0.05, 0.1) is 10.8 Å². The standard InChI is InChI=1S/C17H19NOS2.C9H7N/c1-18-7-6-17-10-3-5-13(21)16(17)19-15-12(20)4-2-9(14(15)17)8-11(10)18;1-2-6-9-8(4-1)5-3-7-10-9/h2-5,10-11,13,16,20-21H,6-8H2,1H3;1-7H/t10-,11+,13-,16-,17-;/m0./s1. The molecular weight excluding hydrogens is 420 g/mol. The fraction of sp³-hybridized carbons (Fsp3) is 0.346. The highest BCUT2D eigenvalue weighted by Gasteiger charge is 2.63. The first-order valence-electron chi connectivity index (χ1n) is 11.0. The van der Waals surface area contributed by atoms with Crippen molar-refractivity contribution in [3.63, 3.8) is 0 Å². The molecule has 3 heterocycles. The van der Waals surface area contributed by atoms with Gasteiger partial charge in [-0.05, 0) is 50.2 Å². The molecule has 2 aliphatic carbocycles. The second-order valence-corrected chi connectivity index (χ2v) is 10.2. The normalized spacial score (nSPS) is 32.1. The van der Waals surface area contributed by atoms with Crippen molar-refractivity contribution in [3.8, 4) is 5.75 Å². The van der Waals surface area contributed by atoms with E-state index in [1.165, 1.54) is 16.5 Å². The molecule has 0 radical (unpaired) electrons. The van der Waals surface area contributed by atoms with Crippen molar-refractivity contribution in [3.05, 3.63) is 78.0 Å². The van der Waals surface area contributed by atoms with Gasteiger partial charge >= 0.3 is 0 Å². The third-order valence-electron chi connectivity index (χ3n) is 7.66. The van der Waals surface area contributed by atoms with Gasteiger partial charge in [-0.3, -0.25) is 4.98 Å². The highest BCUT2D eigenvalue weighted by atomic mass is 32.1. The summed E-state index contributed by atoms with van der Waals surface area (Å²) in [5.41, 5.74) is 4.11. The molecule has 1 aromatic heterocycles. The van der Waals surface area contributed by atoms with Crippen LogP contribution in [0.2, 0.25) is 0 Å². The zero-order chi connectivity index (χ0) is 21.2. The van der Waals surface area contributed by atoms with Gasteiger partial charge in [0.1, 0.15) is 11.9 Å². The van der Waals surface area contributed by atoms with Crippen LogP contribution in [-0.4, -0.2) is 40.9 Å². The smallest absolute Gasteiger partial charge is 0.137 e. The Morgan fingerprint density at radius 3 is 2.81 bits per heavy atom. The SMILES string of the molecule is CN1CC[C@]23c4c5ccc(S)c4O[C@H]2[C@@H](S)C=C[C@H]3[C@H]1C5.c1ccc2ncccc2c1. The molecule has 1 fully saturated rings. The molecule has 158 valence electrons. The number of nitrogens with zero attached hydrogens (tertiary/aromatic N) is 2. The molecule has 5 heteroatoms. The highest BCUT2D eigenvalue weighted by molar-refractivity contribution is 7.81. The summed E-state index contributed by atoms with van der Waals surface area (Å²) >= 11 is 9.46. The van der Waals surface area contributed by atoms with E-state index in [9.17, 15) is 0 Å². The molecule has 31 heavy (non-hydrogen) atoms. The maximum atomic E-state index is 6.43. The Hall–Kier alpha value is -1.95. The lowest BCUT2D eigenvalue weighted by Crippen LogP contribution is -2.64. The Labute approximate surface area is 194 Å². The number of likely N-dealkylation sites (tertiary alicyclic amines) is 1. The van der Waals surface area contributed by atoms with E-state index in [4.69, 9.17) is 17.4 Å². The number of benzene rings is 2. The summed E-state index contributed by atoms with van der Waals surface area (Å²) in [7, 11) is 2.27. The third kappa shape index (κ3) is 2.83. The summed E-state index contributed by atoms with van der Waals surface area (Å²) < 4.78 is 6.43. The van der Waals surface area contributed by atoms with Crippen LogP contribution in [0.3, 0.4) is 0 Å². The van der Waals surface area contributed by atoms with Crippen LogP contribution in [0.5, 0.6) is 5.75 Å². The number of aromatic nitrogens is 1. The van der Waals surface area contributed by atoms with Crippen LogP contribution >= 0.6 is 25.3 Å². The number of pyridine rings is 1. The van der Waals surface area contributed by atoms with Gasteiger partial charge in [-0.2, -0.15) is 12.6 Å². The number of thiol groups is 2. The van der Waals surface area contributed by atoms with Crippen LogP contribution in [0.15, 0.2) is 71.8 Å². The number of likely N-dealkylation sites (N-methyl/N-ethyl adjacent to an activating group) is 1. The molecule has 1 saturated heterocycles. The molecule has 0 saturated carbocycles. The molecular formula is C26H26N2OS2. The molecule has 3 nitrogen and oxygen atoms in total. The van der Waals surface area contributed by atoms with Crippen molar-refractivity contribution in [2.24, 2.45) is 5.92 Å². The molecule has 0 unspecified atom stereocenters. The quantitative estimate of drug-likeness (QED) is 0.378. The number of hydrogen-bond acceptors (Lipinski definition) is 5. The Morgan fingerprint density at radius 1 is 1.10 bits per heavy atom. The van der Waals surface area contributed by atoms with E-state index in [0.29, 0.717) is 12.0 Å². The van der Waals surface area contributed by atoms with Crippen molar-refractivity contribution >= 4 is 36.2 Å². The number of rotatable bonds is 0. The largest absolute Gasteiger partial charge is 0.486 e. The van der Waals surface area contributed by atoms with Gasteiger partial charge in [-0.15, -0.1) is 12.6 Å². The number of para-hydroxylation sites is 1. The molecule has 2 aromatic carbocycles. The van der Waals surface area contributed by atoms with Crippen LogP contribution in [0, 0.1) is 5.92 Å².